The Morgan fingerprint density at radius 3 is 2.86 bits per heavy atom. The molecular weight excluding hydrogens is 298 g/mol. The van der Waals surface area contributed by atoms with Gasteiger partial charge in [-0.2, -0.15) is 0 Å². The molecule has 1 saturated heterocycles. The van der Waals surface area contributed by atoms with Gasteiger partial charge < -0.3 is 4.42 Å². The minimum absolute atomic E-state index is 0.0689. The number of furan rings is 1. The predicted octanol–water partition coefficient (Wildman–Crippen LogP) is 1.59. The normalized spacial score (nSPS) is 14.7. The van der Waals surface area contributed by atoms with E-state index in [0.717, 1.165) is 10.4 Å². The molecule has 1 aliphatic rings. The van der Waals surface area contributed by atoms with E-state index in [1.165, 1.54) is 0 Å². The molecule has 0 unspecified atom stereocenters. The van der Waals surface area contributed by atoms with E-state index in [2.05, 4.69) is 10.7 Å². The Balaban J connectivity index is 1.90. The van der Waals surface area contributed by atoms with E-state index >= 15 is 0 Å². The zero-order chi connectivity index (χ0) is 15.1. The number of fused-ring (bicyclic) bond motifs is 1. The van der Waals surface area contributed by atoms with Crippen molar-refractivity contribution in [1.29, 1.82) is 0 Å². The van der Waals surface area contributed by atoms with Crippen LogP contribution in [0.5, 0.6) is 0 Å². The number of hydrazine groups is 1. The molecule has 0 radical (unpaired) electrons. The maximum atomic E-state index is 12.2. The first-order valence-electron chi connectivity index (χ1n) is 6.06. The van der Waals surface area contributed by atoms with Crippen LogP contribution >= 0.6 is 11.6 Å². The van der Waals surface area contributed by atoms with E-state index in [1.54, 1.807) is 25.1 Å². The molecule has 0 aliphatic carbocycles. The van der Waals surface area contributed by atoms with Crippen LogP contribution in [0.1, 0.15) is 16.1 Å². The fraction of sp³-hybridized carbons (Fsp3) is 0.154. The molecule has 1 aliphatic heterocycles. The second-order valence-corrected chi connectivity index (χ2v) is 5.01. The molecule has 0 spiro atoms. The lowest BCUT2D eigenvalue weighted by molar-refractivity contribution is -0.118. The van der Waals surface area contributed by atoms with Crippen LogP contribution in [0, 0.1) is 6.92 Å². The van der Waals surface area contributed by atoms with Gasteiger partial charge in [-0.3, -0.25) is 20.3 Å². The molecule has 8 heteroatoms. The second kappa shape index (κ2) is 4.78. The first-order chi connectivity index (χ1) is 9.95. The minimum Gasteiger partial charge on any atom is -0.451 e. The maximum absolute atomic E-state index is 12.2. The Kier molecular flexibility index (Phi) is 3.06. The third-order valence-electron chi connectivity index (χ3n) is 3.13. The van der Waals surface area contributed by atoms with E-state index < -0.39 is 17.8 Å². The van der Waals surface area contributed by atoms with Crippen molar-refractivity contribution in [2.45, 2.75) is 6.92 Å². The number of aryl methyl sites for hydroxylation is 1. The first-order valence-corrected chi connectivity index (χ1v) is 6.44. The Labute approximate surface area is 123 Å². The number of carbonyl (C=O) groups is 3. The van der Waals surface area contributed by atoms with Crippen LogP contribution in [0.2, 0.25) is 5.02 Å². The van der Waals surface area contributed by atoms with E-state index in [9.17, 15) is 14.4 Å². The smallest absolute Gasteiger partial charge is 0.343 e. The minimum atomic E-state index is -0.676. The predicted molar refractivity (Wildman–Crippen MR) is 73.7 cm³/mol. The summed E-state index contributed by atoms with van der Waals surface area (Å²) in [7, 11) is 0. The molecule has 108 valence electrons. The van der Waals surface area contributed by atoms with Gasteiger partial charge in [0.15, 0.2) is 5.76 Å². The topological polar surface area (TPSA) is 91.7 Å². The molecular formula is C13H10ClN3O4. The second-order valence-electron chi connectivity index (χ2n) is 4.58. The van der Waals surface area contributed by atoms with Crippen LogP contribution in [-0.2, 0) is 4.79 Å². The van der Waals surface area contributed by atoms with Crippen LogP contribution in [0.25, 0.3) is 11.0 Å². The van der Waals surface area contributed by atoms with E-state index in [4.69, 9.17) is 16.0 Å². The zero-order valence-corrected chi connectivity index (χ0v) is 11.7. The molecule has 7 nitrogen and oxygen atoms in total. The molecule has 1 fully saturated rings. The number of carbonyl (C=O) groups excluding carboxylic acids is 3. The number of amides is 4. The number of nitrogens with zero attached hydrogens (tertiary/aromatic N) is 1. The molecule has 3 rings (SSSR count). The fourth-order valence-corrected chi connectivity index (χ4v) is 2.29. The van der Waals surface area contributed by atoms with Gasteiger partial charge in [0, 0.05) is 16.0 Å². The Bertz CT molecular complexity index is 783. The summed E-state index contributed by atoms with van der Waals surface area (Å²) in [4.78, 5) is 34.6. The van der Waals surface area contributed by atoms with Crippen molar-refractivity contribution in [2.24, 2.45) is 0 Å². The van der Waals surface area contributed by atoms with Crippen LogP contribution in [0.3, 0.4) is 0 Å². The average Bonchev–Trinajstić information content (AvgIpc) is 2.91. The van der Waals surface area contributed by atoms with Crippen molar-refractivity contribution < 1.29 is 18.8 Å². The molecule has 2 aromatic rings. The van der Waals surface area contributed by atoms with Gasteiger partial charge in [0.05, 0.1) is 0 Å². The third kappa shape index (κ3) is 2.31. The molecule has 1 aromatic carbocycles. The number of imide groups is 1. The molecule has 2 N–H and O–H groups in total. The van der Waals surface area contributed by atoms with Gasteiger partial charge in [-0.15, -0.1) is 0 Å². The summed E-state index contributed by atoms with van der Waals surface area (Å²) in [6, 6.07) is 4.33. The van der Waals surface area contributed by atoms with E-state index in [0.29, 0.717) is 16.2 Å². The van der Waals surface area contributed by atoms with E-state index in [-0.39, 0.29) is 12.3 Å². The monoisotopic (exact) mass is 307 g/mol. The molecule has 2 heterocycles. The van der Waals surface area contributed by atoms with Crippen molar-refractivity contribution in [3.63, 3.8) is 0 Å². The number of benzene rings is 1. The lowest BCUT2D eigenvalue weighted by Crippen LogP contribution is -2.44. The van der Waals surface area contributed by atoms with Gasteiger partial charge in [0.25, 0.3) is 0 Å². The van der Waals surface area contributed by atoms with Crippen molar-refractivity contribution in [3.05, 3.63) is 34.5 Å². The van der Waals surface area contributed by atoms with Crippen LogP contribution in [0.4, 0.5) is 4.79 Å². The zero-order valence-electron chi connectivity index (χ0n) is 10.9. The fourth-order valence-electron chi connectivity index (χ4n) is 2.12. The first kappa shape index (κ1) is 13.4. The summed E-state index contributed by atoms with van der Waals surface area (Å²) in [6.45, 7) is 1.49. The summed E-state index contributed by atoms with van der Waals surface area (Å²) in [5.41, 5.74) is 3.45. The highest BCUT2D eigenvalue weighted by Crippen LogP contribution is 2.27. The number of rotatable bonds is 2. The number of hydrogen-bond acceptors (Lipinski definition) is 4. The number of nitrogens with one attached hydrogen (secondary N) is 2. The summed E-state index contributed by atoms with van der Waals surface area (Å²) in [6.07, 6.45) is 0. The summed E-state index contributed by atoms with van der Waals surface area (Å²) in [5.74, 6) is -1.02. The number of halogens is 1. The molecule has 21 heavy (non-hydrogen) atoms. The summed E-state index contributed by atoms with van der Waals surface area (Å²) in [5, 5.41) is 4.20. The van der Waals surface area contributed by atoms with Crippen molar-refractivity contribution >= 4 is 40.4 Å². The third-order valence-corrected chi connectivity index (χ3v) is 3.37. The quantitative estimate of drug-likeness (QED) is 0.824. The molecule has 0 bridgehead atoms. The van der Waals surface area contributed by atoms with Crippen molar-refractivity contribution in [3.8, 4) is 0 Å². The highest BCUT2D eigenvalue weighted by atomic mass is 35.5. The van der Waals surface area contributed by atoms with Gasteiger partial charge in [-0.05, 0) is 25.1 Å². The van der Waals surface area contributed by atoms with E-state index in [1.807, 2.05) is 0 Å². The number of hydrogen-bond donors (Lipinski definition) is 2. The largest absolute Gasteiger partial charge is 0.451 e. The summed E-state index contributed by atoms with van der Waals surface area (Å²) < 4.78 is 5.47. The van der Waals surface area contributed by atoms with Gasteiger partial charge in [0.2, 0.25) is 5.91 Å². The molecule has 4 amide bonds. The Morgan fingerprint density at radius 2 is 2.19 bits per heavy atom. The Hall–Kier alpha value is -2.54. The van der Waals surface area contributed by atoms with Crippen LogP contribution in [0.15, 0.2) is 22.6 Å². The lowest BCUT2D eigenvalue weighted by Gasteiger charge is -2.13. The number of urea groups is 1. The van der Waals surface area contributed by atoms with Gasteiger partial charge >= 0.3 is 11.9 Å². The summed E-state index contributed by atoms with van der Waals surface area (Å²) >= 11 is 5.91. The van der Waals surface area contributed by atoms with Gasteiger partial charge in [-0.1, -0.05) is 11.6 Å². The average molecular weight is 308 g/mol. The molecule has 0 atom stereocenters. The standard InChI is InChI=1S/C13H10ClN3O4/c1-6-8-4-7(14)2-3-9(8)21-11(6)12(19)16-17-5-10(18)15-13(17)20/h2-4H,5H2,1H3,(H,16,19)(H,15,18,20). The maximum Gasteiger partial charge on any atom is 0.343 e. The molecule has 1 aromatic heterocycles. The lowest BCUT2D eigenvalue weighted by atomic mass is 10.1. The van der Waals surface area contributed by atoms with Crippen molar-refractivity contribution in [1.82, 2.24) is 15.8 Å². The van der Waals surface area contributed by atoms with Crippen LogP contribution < -0.4 is 10.7 Å². The SMILES string of the molecule is Cc1c(C(=O)NN2CC(=O)NC2=O)oc2ccc(Cl)cc12. The van der Waals surface area contributed by atoms with Gasteiger partial charge in [0.1, 0.15) is 12.1 Å². The molecule has 0 saturated carbocycles. The highest BCUT2D eigenvalue weighted by Gasteiger charge is 2.30. The van der Waals surface area contributed by atoms with Crippen LogP contribution in [-0.4, -0.2) is 29.4 Å². The Morgan fingerprint density at radius 1 is 1.43 bits per heavy atom. The highest BCUT2D eigenvalue weighted by molar-refractivity contribution is 6.31. The van der Waals surface area contributed by atoms with Crippen molar-refractivity contribution in [2.75, 3.05) is 6.54 Å². The van der Waals surface area contributed by atoms with Gasteiger partial charge in [-0.25, -0.2) is 9.80 Å².